The lowest BCUT2D eigenvalue weighted by molar-refractivity contribution is -0.120. The molecule has 0 heterocycles. The first-order valence-electron chi connectivity index (χ1n) is 5.94. The van der Waals surface area contributed by atoms with Crippen molar-refractivity contribution in [2.45, 2.75) is 13.3 Å². The van der Waals surface area contributed by atoms with Gasteiger partial charge in [0, 0.05) is 12.3 Å². The van der Waals surface area contributed by atoms with Crippen molar-refractivity contribution in [1.29, 1.82) is 0 Å². The topological polar surface area (TPSA) is 58.6 Å². The van der Waals surface area contributed by atoms with E-state index in [2.05, 4.69) is 17.2 Å². The molecule has 0 saturated heterocycles. The summed E-state index contributed by atoms with van der Waals surface area (Å²) in [6.45, 7) is 2.08. The number of carbonyl (C=O) groups is 1. The van der Waals surface area contributed by atoms with Crippen molar-refractivity contribution in [1.82, 2.24) is 0 Å². The lowest BCUT2D eigenvalue weighted by Crippen LogP contribution is -2.18. The Kier molecular flexibility index (Phi) is 6.58. The average Bonchev–Trinajstić information content (AvgIpc) is 2.39. The maximum Gasteiger partial charge on any atom is 0.250 e. The van der Waals surface area contributed by atoms with Crippen molar-refractivity contribution in [2.75, 3.05) is 25.1 Å². The van der Waals surface area contributed by atoms with Gasteiger partial charge < -0.3 is 15.2 Å². The van der Waals surface area contributed by atoms with Gasteiger partial charge in [-0.3, -0.25) is 4.79 Å². The third-order valence-corrected chi connectivity index (χ3v) is 2.13. The van der Waals surface area contributed by atoms with Crippen molar-refractivity contribution in [3.8, 4) is 11.8 Å². The van der Waals surface area contributed by atoms with Crippen molar-refractivity contribution in [3.05, 3.63) is 29.6 Å². The molecule has 19 heavy (non-hydrogen) atoms. The molecule has 0 radical (unpaired) electrons. The molecule has 0 atom stereocenters. The average molecular weight is 265 g/mol. The molecule has 0 bridgehead atoms. The van der Waals surface area contributed by atoms with Crippen LogP contribution in [0.25, 0.3) is 0 Å². The second kappa shape index (κ2) is 8.25. The Hall–Kier alpha value is -1.90. The summed E-state index contributed by atoms with van der Waals surface area (Å²) in [6, 6.07) is 4.07. The van der Waals surface area contributed by atoms with Gasteiger partial charge in [0.25, 0.3) is 0 Å². The molecule has 1 rings (SSSR count). The van der Waals surface area contributed by atoms with Gasteiger partial charge in [0.05, 0.1) is 5.56 Å². The highest BCUT2D eigenvalue weighted by Crippen LogP contribution is 2.13. The Labute approximate surface area is 111 Å². The van der Waals surface area contributed by atoms with E-state index in [1.54, 1.807) is 0 Å². The zero-order valence-corrected chi connectivity index (χ0v) is 10.7. The summed E-state index contributed by atoms with van der Waals surface area (Å²) >= 11 is 0. The fourth-order valence-electron chi connectivity index (χ4n) is 1.34. The number of hydrogen-bond donors (Lipinski definition) is 2. The quantitative estimate of drug-likeness (QED) is 0.627. The van der Waals surface area contributed by atoms with Gasteiger partial charge in [0.2, 0.25) is 5.91 Å². The summed E-state index contributed by atoms with van der Waals surface area (Å²) in [5.41, 5.74) is 0.565. The van der Waals surface area contributed by atoms with Crippen LogP contribution in [-0.2, 0) is 9.53 Å². The second-order valence-electron chi connectivity index (χ2n) is 3.76. The predicted molar refractivity (Wildman–Crippen MR) is 70.1 cm³/mol. The number of hydrogen-bond acceptors (Lipinski definition) is 3. The van der Waals surface area contributed by atoms with Gasteiger partial charge in [-0.2, -0.15) is 0 Å². The second-order valence-corrected chi connectivity index (χ2v) is 3.76. The van der Waals surface area contributed by atoms with E-state index in [1.165, 1.54) is 18.2 Å². The molecule has 0 aliphatic carbocycles. The Bertz CT molecular complexity index is 491. The summed E-state index contributed by atoms with van der Waals surface area (Å²) in [5, 5.41) is 11.2. The Morgan fingerprint density at radius 1 is 1.53 bits per heavy atom. The fraction of sp³-hybridized carbons (Fsp3) is 0.357. The van der Waals surface area contributed by atoms with Crippen LogP contribution in [0.4, 0.5) is 10.1 Å². The number of rotatable bonds is 5. The number of carbonyl (C=O) groups excluding carboxylic acids is 1. The van der Waals surface area contributed by atoms with Crippen LogP contribution in [0.1, 0.15) is 18.9 Å². The van der Waals surface area contributed by atoms with Gasteiger partial charge >= 0.3 is 0 Å². The molecule has 0 fully saturated rings. The molecule has 0 unspecified atom stereocenters. The molecular weight excluding hydrogens is 249 g/mol. The number of aliphatic hydroxyl groups excluding tert-OH is 1. The van der Waals surface area contributed by atoms with E-state index >= 15 is 0 Å². The van der Waals surface area contributed by atoms with E-state index in [4.69, 9.17) is 9.84 Å². The zero-order chi connectivity index (χ0) is 14.1. The van der Waals surface area contributed by atoms with E-state index in [0.29, 0.717) is 12.3 Å². The van der Waals surface area contributed by atoms with E-state index in [1.807, 2.05) is 6.92 Å². The lowest BCUT2D eigenvalue weighted by atomic mass is 10.2. The molecule has 0 aliphatic rings. The fourth-order valence-corrected chi connectivity index (χ4v) is 1.34. The molecule has 1 aromatic carbocycles. The van der Waals surface area contributed by atoms with E-state index < -0.39 is 5.82 Å². The van der Waals surface area contributed by atoms with Gasteiger partial charge in [0.15, 0.2) is 0 Å². The van der Waals surface area contributed by atoms with Crippen LogP contribution in [0.3, 0.4) is 0 Å². The van der Waals surface area contributed by atoms with Crippen LogP contribution in [0, 0.1) is 17.7 Å². The maximum absolute atomic E-state index is 13.4. The number of halogens is 1. The Morgan fingerprint density at radius 3 is 3.00 bits per heavy atom. The smallest absolute Gasteiger partial charge is 0.250 e. The molecule has 0 spiro atoms. The summed E-state index contributed by atoms with van der Waals surface area (Å²) in [5.74, 6) is 4.02. The van der Waals surface area contributed by atoms with Crippen LogP contribution in [0.15, 0.2) is 18.2 Å². The largest absolute Gasteiger partial charge is 0.384 e. The predicted octanol–water partition coefficient (Wildman–Crippen LogP) is 1.53. The summed E-state index contributed by atoms with van der Waals surface area (Å²) in [4.78, 5) is 11.5. The minimum atomic E-state index is -0.499. The summed E-state index contributed by atoms with van der Waals surface area (Å²) in [7, 11) is 0. The third-order valence-electron chi connectivity index (χ3n) is 2.13. The number of anilines is 1. The zero-order valence-electron chi connectivity index (χ0n) is 10.7. The van der Waals surface area contributed by atoms with Gasteiger partial charge in [0.1, 0.15) is 19.0 Å². The molecule has 1 aromatic rings. The molecule has 1 amide bonds. The molecule has 5 heteroatoms. The number of benzene rings is 1. The molecule has 0 aromatic heterocycles. The highest BCUT2D eigenvalue weighted by molar-refractivity contribution is 5.91. The number of amides is 1. The maximum atomic E-state index is 13.4. The van der Waals surface area contributed by atoms with Crippen molar-refractivity contribution < 1.29 is 19.0 Å². The molecule has 2 N–H and O–H groups in total. The number of aliphatic hydroxyl groups is 1. The van der Waals surface area contributed by atoms with Gasteiger partial charge in [-0.05, 0) is 24.6 Å². The first-order chi connectivity index (χ1) is 9.17. The van der Waals surface area contributed by atoms with Crippen LogP contribution in [0.5, 0.6) is 0 Å². The monoisotopic (exact) mass is 265 g/mol. The molecule has 4 nitrogen and oxygen atoms in total. The number of ether oxygens (including phenoxy) is 1. The van der Waals surface area contributed by atoms with Crippen molar-refractivity contribution >= 4 is 11.6 Å². The standard InChI is InChI=1S/C14H16FNO3/c1-2-8-19-10-14(18)16-12-5-6-13(15)11(9-12)4-3-7-17/h5-6,9,17H,2,7-8,10H2,1H3,(H,16,18). The Balaban J connectivity index is 2.66. The van der Waals surface area contributed by atoms with E-state index in [-0.39, 0.29) is 24.7 Å². The van der Waals surface area contributed by atoms with E-state index in [0.717, 1.165) is 6.42 Å². The Morgan fingerprint density at radius 2 is 2.32 bits per heavy atom. The molecule has 0 saturated carbocycles. The first-order valence-corrected chi connectivity index (χ1v) is 5.94. The van der Waals surface area contributed by atoms with Crippen LogP contribution < -0.4 is 5.32 Å². The van der Waals surface area contributed by atoms with Crippen LogP contribution in [-0.4, -0.2) is 30.8 Å². The lowest BCUT2D eigenvalue weighted by Gasteiger charge is -2.06. The van der Waals surface area contributed by atoms with E-state index in [9.17, 15) is 9.18 Å². The summed E-state index contributed by atoms with van der Waals surface area (Å²) < 4.78 is 18.4. The summed E-state index contributed by atoms with van der Waals surface area (Å²) in [6.07, 6.45) is 0.838. The van der Waals surface area contributed by atoms with Crippen LogP contribution in [0.2, 0.25) is 0 Å². The molecular formula is C14H16FNO3. The van der Waals surface area contributed by atoms with Gasteiger partial charge in [-0.15, -0.1) is 0 Å². The van der Waals surface area contributed by atoms with Crippen molar-refractivity contribution in [2.24, 2.45) is 0 Å². The minimum absolute atomic E-state index is 0.0388. The molecule has 102 valence electrons. The minimum Gasteiger partial charge on any atom is -0.384 e. The highest BCUT2D eigenvalue weighted by atomic mass is 19.1. The SMILES string of the molecule is CCCOCC(=O)Nc1ccc(F)c(C#CCO)c1. The first kappa shape index (κ1) is 15.2. The number of nitrogens with one attached hydrogen (secondary N) is 1. The molecule has 0 aliphatic heterocycles. The van der Waals surface area contributed by atoms with Gasteiger partial charge in [-0.25, -0.2) is 4.39 Å². The van der Waals surface area contributed by atoms with Crippen molar-refractivity contribution in [3.63, 3.8) is 0 Å². The third kappa shape index (κ3) is 5.51. The van der Waals surface area contributed by atoms with Gasteiger partial charge in [-0.1, -0.05) is 18.8 Å². The normalized spacial score (nSPS) is 9.63. The highest BCUT2D eigenvalue weighted by Gasteiger charge is 2.05. The van der Waals surface area contributed by atoms with Crippen LogP contribution >= 0.6 is 0 Å².